The first-order valence-corrected chi connectivity index (χ1v) is 6.70. The number of ether oxygens (including phenoxy) is 2. The lowest BCUT2D eigenvalue weighted by Gasteiger charge is -2.15. The van der Waals surface area contributed by atoms with Crippen LogP contribution in [0.15, 0.2) is 24.5 Å². The summed E-state index contributed by atoms with van der Waals surface area (Å²) in [5, 5.41) is 3.17. The van der Waals surface area contributed by atoms with E-state index in [1.54, 1.807) is 7.11 Å². The molecule has 1 aromatic heterocycles. The van der Waals surface area contributed by atoms with Crippen LogP contribution < -0.4 is 20.5 Å². The Morgan fingerprint density at radius 3 is 2.67 bits per heavy atom. The molecule has 3 N–H and O–H groups in total. The molecule has 0 bridgehead atoms. The van der Waals surface area contributed by atoms with Gasteiger partial charge < -0.3 is 20.5 Å². The average Bonchev–Trinajstić information content (AvgIpc) is 2.43. The number of benzene rings is 1. The van der Waals surface area contributed by atoms with Gasteiger partial charge >= 0.3 is 0 Å². The highest BCUT2D eigenvalue weighted by molar-refractivity contribution is 5.75. The molecule has 0 atom stereocenters. The summed E-state index contributed by atoms with van der Waals surface area (Å²) in [7, 11) is 1.62. The Labute approximate surface area is 124 Å². The number of nitrogens with two attached hydrogens (primary N) is 1. The molecule has 0 spiro atoms. The normalized spacial score (nSPS) is 10.5. The summed E-state index contributed by atoms with van der Waals surface area (Å²) in [6.45, 7) is 5.83. The second-order valence-corrected chi connectivity index (χ2v) is 4.94. The molecular weight excluding hydrogens is 268 g/mol. The molecule has 112 valence electrons. The number of nitrogen functional groups attached to an aromatic ring is 1. The molecule has 0 aliphatic carbocycles. The Bertz CT molecular complexity index is 629. The highest BCUT2D eigenvalue weighted by atomic mass is 16.5. The van der Waals surface area contributed by atoms with E-state index in [1.165, 1.54) is 6.33 Å². The number of aryl methyl sites for hydroxylation is 1. The maximum Gasteiger partial charge on any atom is 0.242 e. The number of rotatable bonds is 5. The Morgan fingerprint density at radius 1 is 1.24 bits per heavy atom. The predicted molar refractivity (Wildman–Crippen MR) is 83.2 cm³/mol. The molecule has 6 heteroatoms. The van der Waals surface area contributed by atoms with Crippen LogP contribution in [-0.4, -0.2) is 23.2 Å². The fourth-order valence-corrected chi connectivity index (χ4v) is 1.84. The van der Waals surface area contributed by atoms with Gasteiger partial charge in [0.1, 0.15) is 17.8 Å². The summed E-state index contributed by atoms with van der Waals surface area (Å²) in [6.07, 6.45) is 1.40. The molecule has 1 heterocycles. The maximum atomic E-state index is 6.06. The predicted octanol–water partition coefficient (Wildman–Crippen LogP) is 2.91. The van der Waals surface area contributed by atoms with Gasteiger partial charge in [-0.15, -0.1) is 0 Å². The van der Waals surface area contributed by atoms with Crippen molar-refractivity contribution in [1.29, 1.82) is 0 Å². The van der Waals surface area contributed by atoms with Crippen molar-refractivity contribution in [3.8, 4) is 11.6 Å². The van der Waals surface area contributed by atoms with Crippen LogP contribution in [0, 0.1) is 6.92 Å². The highest BCUT2D eigenvalue weighted by Gasteiger charge is 2.12. The number of methoxy groups -OCH3 is 1. The first-order valence-electron chi connectivity index (χ1n) is 6.70. The van der Waals surface area contributed by atoms with Crippen LogP contribution in [0.1, 0.15) is 19.4 Å². The molecule has 0 aliphatic heterocycles. The van der Waals surface area contributed by atoms with Gasteiger partial charge in [-0.1, -0.05) is 6.07 Å². The molecule has 1 aromatic carbocycles. The van der Waals surface area contributed by atoms with Crippen molar-refractivity contribution < 1.29 is 9.47 Å². The largest absolute Gasteiger partial charge is 0.495 e. The monoisotopic (exact) mass is 288 g/mol. The molecule has 0 radical (unpaired) electrons. The van der Waals surface area contributed by atoms with Crippen LogP contribution in [0.3, 0.4) is 0 Å². The first-order chi connectivity index (χ1) is 10.0. The molecule has 0 saturated heterocycles. The number of hydrogen-bond donors (Lipinski definition) is 2. The van der Waals surface area contributed by atoms with E-state index in [0.29, 0.717) is 23.1 Å². The second-order valence-electron chi connectivity index (χ2n) is 4.94. The molecular formula is C15H20N4O2. The van der Waals surface area contributed by atoms with Crippen molar-refractivity contribution in [2.24, 2.45) is 0 Å². The van der Waals surface area contributed by atoms with Gasteiger partial charge in [0.15, 0.2) is 5.82 Å². The Morgan fingerprint density at radius 2 is 2.00 bits per heavy atom. The fraction of sp³-hybridized carbons (Fsp3) is 0.333. The van der Waals surface area contributed by atoms with Crippen LogP contribution in [0.25, 0.3) is 0 Å². The lowest BCUT2D eigenvalue weighted by Crippen LogP contribution is -2.11. The number of aromatic nitrogens is 2. The van der Waals surface area contributed by atoms with Crippen LogP contribution >= 0.6 is 0 Å². The van der Waals surface area contributed by atoms with Crippen molar-refractivity contribution in [2.75, 3.05) is 18.2 Å². The van der Waals surface area contributed by atoms with E-state index in [-0.39, 0.29) is 6.10 Å². The van der Waals surface area contributed by atoms with Crippen LogP contribution in [0.5, 0.6) is 11.6 Å². The molecule has 0 unspecified atom stereocenters. The molecule has 0 aliphatic rings. The van der Waals surface area contributed by atoms with E-state index in [0.717, 1.165) is 11.3 Å². The summed E-state index contributed by atoms with van der Waals surface area (Å²) in [4.78, 5) is 8.22. The molecule has 0 saturated carbocycles. The van der Waals surface area contributed by atoms with E-state index in [1.807, 2.05) is 39.0 Å². The third-order valence-corrected chi connectivity index (χ3v) is 2.80. The smallest absolute Gasteiger partial charge is 0.242 e. The van der Waals surface area contributed by atoms with Gasteiger partial charge in [-0.05, 0) is 38.5 Å². The van der Waals surface area contributed by atoms with Crippen molar-refractivity contribution in [3.63, 3.8) is 0 Å². The van der Waals surface area contributed by atoms with E-state index in [9.17, 15) is 0 Å². The zero-order chi connectivity index (χ0) is 15.4. The lowest BCUT2D eigenvalue weighted by atomic mass is 10.2. The molecule has 6 nitrogen and oxygen atoms in total. The topological polar surface area (TPSA) is 82.3 Å². The quantitative estimate of drug-likeness (QED) is 0.880. The number of hydrogen-bond acceptors (Lipinski definition) is 6. The molecule has 21 heavy (non-hydrogen) atoms. The van der Waals surface area contributed by atoms with Crippen LogP contribution in [0.2, 0.25) is 0 Å². The van der Waals surface area contributed by atoms with Gasteiger partial charge in [-0.2, -0.15) is 4.98 Å². The number of nitrogens with one attached hydrogen (secondary N) is 1. The summed E-state index contributed by atoms with van der Waals surface area (Å²) in [5.74, 6) is 1.57. The zero-order valence-corrected chi connectivity index (χ0v) is 12.7. The summed E-state index contributed by atoms with van der Waals surface area (Å²) < 4.78 is 10.9. The van der Waals surface area contributed by atoms with Gasteiger partial charge in [0, 0.05) is 0 Å². The van der Waals surface area contributed by atoms with E-state index >= 15 is 0 Å². The Kier molecular flexibility index (Phi) is 4.47. The fourth-order valence-electron chi connectivity index (χ4n) is 1.84. The van der Waals surface area contributed by atoms with Crippen molar-refractivity contribution in [3.05, 3.63) is 30.1 Å². The molecule has 0 fully saturated rings. The minimum atomic E-state index is -0.0106. The van der Waals surface area contributed by atoms with Crippen molar-refractivity contribution in [1.82, 2.24) is 9.97 Å². The van der Waals surface area contributed by atoms with Crippen molar-refractivity contribution in [2.45, 2.75) is 26.9 Å². The third kappa shape index (κ3) is 3.53. The summed E-state index contributed by atoms with van der Waals surface area (Å²) in [6, 6.07) is 5.82. The Balaban J connectivity index is 2.34. The van der Waals surface area contributed by atoms with Gasteiger partial charge in [0.2, 0.25) is 5.88 Å². The maximum absolute atomic E-state index is 6.06. The summed E-state index contributed by atoms with van der Waals surface area (Å²) in [5.41, 5.74) is 8.32. The van der Waals surface area contributed by atoms with Gasteiger partial charge in [-0.25, -0.2) is 4.98 Å². The van der Waals surface area contributed by atoms with Gasteiger partial charge in [0.05, 0.1) is 18.9 Å². The number of anilines is 3. The van der Waals surface area contributed by atoms with Gasteiger partial charge in [0.25, 0.3) is 0 Å². The molecule has 2 aromatic rings. The SMILES string of the molecule is COc1ccc(C)cc1Nc1ncnc(OC(C)C)c1N. The van der Waals surface area contributed by atoms with Crippen molar-refractivity contribution >= 4 is 17.2 Å². The molecule has 0 amide bonds. The summed E-state index contributed by atoms with van der Waals surface area (Å²) >= 11 is 0. The average molecular weight is 288 g/mol. The van der Waals surface area contributed by atoms with E-state index in [4.69, 9.17) is 15.2 Å². The minimum Gasteiger partial charge on any atom is -0.495 e. The standard InChI is InChI=1S/C15H20N4O2/c1-9(2)21-15-13(16)14(17-8-18-15)19-11-7-10(3)5-6-12(11)20-4/h5-9H,16H2,1-4H3,(H,17,18,19). The number of nitrogens with zero attached hydrogens (tertiary/aromatic N) is 2. The van der Waals surface area contributed by atoms with E-state index < -0.39 is 0 Å². The lowest BCUT2D eigenvalue weighted by molar-refractivity contribution is 0.234. The third-order valence-electron chi connectivity index (χ3n) is 2.80. The van der Waals surface area contributed by atoms with Crippen LogP contribution in [-0.2, 0) is 0 Å². The van der Waals surface area contributed by atoms with Gasteiger partial charge in [-0.3, -0.25) is 0 Å². The first kappa shape index (κ1) is 14.9. The van der Waals surface area contributed by atoms with E-state index in [2.05, 4.69) is 15.3 Å². The Hall–Kier alpha value is -2.50. The highest BCUT2D eigenvalue weighted by Crippen LogP contribution is 2.32. The molecule has 2 rings (SSSR count). The van der Waals surface area contributed by atoms with Crippen LogP contribution in [0.4, 0.5) is 17.2 Å². The zero-order valence-electron chi connectivity index (χ0n) is 12.7. The second kappa shape index (κ2) is 6.30. The minimum absolute atomic E-state index is 0.0106.